The molecule has 0 radical (unpaired) electrons. The molecule has 0 aliphatic carbocycles. The van der Waals surface area contributed by atoms with E-state index in [4.69, 9.17) is 4.74 Å². The number of sulfone groups is 1. The largest absolute Gasteiger partial charge is 0.497 e. The first-order valence-electron chi connectivity index (χ1n) is 11.2. The summed E-state index contributed by atoms with van der Waals surface area (Å²) in [5.74, 6) is 1.03. The van der Waals surface area contributed by atoms with Crippen LogP contribution in [-0.2, 0) is 27.6 Å². The summed E-state index contributed by atoms with van der Waals surface area (Å²) in [5, 5.41) is 9.82. The molecule has 2 heterocycles. The summed E-state index contributed by atoms with van der Waals surface area (Å²) in [6.45, 7) is 4.29. The Morgan fingerprint density at radius 3 is 2.59 bits per heavy atom. The van der Waals surface area contributed by atoms with Gasteiger partial charge in [-0.1, -0.05) is 19.1 Å². The van der Waals surface area contributed by atoms with Gasteiger partial charge in [0.25, 0.3) is 0 Å². The van der Waals surface area contributed by atoms with Gasteiger partial charge in [-0.3, -0.25) is 4.79 Å². The first-order chi connectivity index (χ1) is 15.4. The smallest absolute Gasteiger partial charge is 0.237 e. The fourth-order valence-corrected chi connectivity index (χ4v) is 5.89. The number of carbonyl (C=O) groups excluding carboxylic acids is 1. The lowest BCUT2D eigenvalue weighted by Gasteiger charge is -2.25. The highest BCUT2D eigenvalue weighted by atomic mass is 32.2. The predicted octanol–water partition coefficient (Wildman–Crippen LogP) is 2.05. The van der Waals surface area contributed by atoms with E-state index < -0.39 is 9.84 Å². The van der Waals surface area contributed by atoms with Gasteiger partial charge in [-0.25, -0.2) is 8.42 Å². The van der Waals surface area contributed by atoms with Gasteiger partial charge in [0.15, 0.2) is 0 Å². The lowest BCUT2D eigenvalue weighted by molar-refractivity contribution is -0.123. The maximum Gasteiger partial charge on any atom is 0.237 e. The van der Waals surface area contributed by atoms with Crippen LogP contribution in [0.3, 0.4) is 0 Å². The number of methoxy groups -OCH3 is 1. The molecule has 0 aromatic heterocycles. The minimum atomic E-state index is -3.66. The van der Waals surface area contributed by atoms with Crippen LogP contribution in [0.15, 0.2) is 52.3 Å². The second-order valence-electron chi connectivity index (χ2n) is 8.55. The molecule has 3 atom stereocenters. The number of hydrogen-bond acceptors (Lipinski definition) is 6. The average Bonchev–Trinajstić information content (AvgIpc) is 3.27. The number of ether oxygens (including phenoxy) is 1. The Morgan fingerprint density at radius 2 is 1.91 bits per heavy atom. The number of nitrogens with one attached hydrogen (secondary N) is 3. The first kappa shape index (κ1) is 22.8. The van der Waals surface area contributed by atoms with Crippen molar-refractivity contribution in [3.05, 3.63) is 53.6 Å². The first-order valence-corrected chi connectivity index (χ1v) is 12.7. The van der Waals surface area contributed by atoms with Crippen molar-refractivity contribution in [2.45, 2.75) is 54.6 Å². The molecule has 1 amide bonds. The number of fused-ring (bicyclic) bond motifs is 1. The predicted molar refractivity (Wildman–Crippen MR) is 122 cm³/mol. The summed E-state index contributed by atoms with van der Waals surface area (Å²) in [6, 6.07) is 12.0. The molecule has 32 heavy (non-hydrogen) atoms. The van der Waals surface area contributed by atoms with Crippen LogP contribution in [0.5, 0.6) is 5.75 Å². The zero-order chi connectivity index (χ0) is 22.7. The molecule has 2 fully saturated rings. The maximum atomic E-state index is 13.1. The summed E-state index contributed by atoms with van der Waals surface area (Å²) >= 11 is 0. The average molecular weight is 458 g/mol. The number of carbonyl (C=O) groups is 1. The third-order valence-electron chi connectivity index (χ3n) is 6.47. The Balaban J connectivity index is 1.40. The van der Waals surface area contributed by atoms with Crippen molar-refractivity contribution in [1.29, 1.82) is 0 Å². The fraction of sp³-hybridized carbons (Fsp3) is 0.458. The molecule has 7 nitrogen and oxygen atoms in total. The SMILES string of the molecule is CCc1cc(OC)cc(S(=O)(=O)c2ccc(CNC(=O)C3CC4CNCCC4N3)cc2)c1. The van der Waals surface area contributed by atoms with Crippen LogP contribution in [0.25, 0.3) is 0 Å². The highest BCUT2D eigenvalue weighted by molar-refractivity contribution is 7.91. The molecule has 2 saturated heterocycles. The molecule has 2 aromatic carbocycles. The van der Waals surface area contributed by atoms with Gasteiger partial charge in [-0.15, -0.1) is 0 Å². The molecular formula is C24H31N3O4S. The van der Waals surface area contributed by atoms with E-state index in [1.807, 2.05) is 13.0 Å². The summed E-state index contributed by atoms with van der Waals surface area (Å²) < 4.78 is 31.5. The van der Waals surface area contributed by atoms with Crippen molar-refractivity contribution in [1.82, 2.24) is 16.0 Å². The Labute approximate surface area is 189 Å². The van der Waals surface area contributed by atoms with E-state index in [1.54, 1.807) is 36.4 Å². The molecule has 4 rings (SSSR count). The van der Waals surface area contributed by atoms with Crippen molar-refractivity contribution < 1.29 is 17.9 Å². The summed E-state index contributed by atoms with van der Waals surface area (Å²) in [5.41, 5.74) is 1.76. The number of hydrogen-bond donors (Lipinski definition) is 3. The molecule has 8 heteroatoms. The van der Waals surface area contributed by atoms with Gasteiger partial charge in [0.05, 0.1) is 22.9 Å². The monoisotopic (exact) mass is 457 g/mol. The van der Waals surface area contributed by atoms with Crippen LogP contribution in [0.4, 0.5) is 0 Å². The quantitative estimate of drug-likeness (QED) is 0.589. The van der Waals surface area contributed by atoms with Gasteiger partial charge in [0.1, 0.15) is 5.75 Å². The third kappa shape index (κ3) is 4.82. The minimum Gasteiger partial charge on any atom is -0.497 e. The third-order valence-corrected chi connectivity index (χ3v) is 8.22. The standard InChI is InChI=1S/C24H31N3O4S/c1-3-16-10-19(31-2)13-21(11-16)32(29,30)20-6-4-17(5-7-20)14-26-24(28)23-12-18-15-25-9-8-22(18)27-23/h4-7,10-11,13,18,22-23,25,27H,3,8-9,12,14-15H2,1-2H3,(H,26,28). The van der Waals surface area contributed by atoms with Crippen LogP contribution in [0, 0.1) is 5.92 Å². The van der Waals surface area contributed by atoms with Crippen molar-refractivity contribution >= 4 is 15.7 Å². The van der Waals surface area contributed by atoms with Gasteiger partial charge in [-0.05, 0) is 79.7 Å². The Kier molecular flexibility index (Phi) is 6.83. The lowest BCUT2D eigenvalue weighted by Crippen LogP contribution is -2.45. The Bertz CT molecular complexity index is 1030. The molecule has 0 saturated carbocycles. The van der Waals surface area contributed by atoms with Gasteiger partial charge in [0.2, 0.25) is 15.7 Å². The number of aryl methyl sites for hydroxylation is 1. The Morgan fingerprint density at radius 1 is 1.12 bits per heavy atom. The zero-order valence-corrected chi connectivity index (χ0v) is 19.4. The second kappa shape index (κ2) is 9.60. The molecule has 172 valence electrons. The van der Waals surface area contributed by atoms with Crippen LogP contribution in [-0.4, -0.2) is 46.6 Å². The highest BCUT2D eigenvalue weighted by Gasteiger charge is 2.38. The van der Waals surface area contributed by atoms with E-state index in [9.17, 15) is 13.2 Å². The van der Waals surface area contributed by atoms with E-state index in [1.165, 1.54) is 7.11 Å². The molecule has 3 N–H and O–H groups in total. The maximum absolute atomic E-state index is 13.1. The lowest BCUT2D eigenvalue weighted by atomic mass is 9.94. The molecule has 2 aromatic rings. The number of benzene rings is 2. The van der Waals surface area contributed by atoms with Crippen LogP contribution in [0.2, 0.25) is 0 Å². The van der Waals surface area contributed by atoms with Crippen molar-refractivity contribution in [2.24, 2.45) is 5.92 Å². The van der Waals surface area contributed by atoms with E-state index >= 15 is 0 Å². The summed E-state index contributed by atoms with van der Waals surface area (Å²) in [7, 11) is -2.13. The highest BCUT2D eigenvalue weighted by Crippen LogP contribution is 2.27. The topological polar surface area (TPSA) is 96.5 Å². The van der Waals surface area contributed by atoms with Crippen LogP contribution < -0.4 is 20.7 Å². The van der Waals surface area contributed by atoms with Gasteiger partial charge in [-0.2, -0.15) is 0 Å². The molecule has 2 aliphatic heterocycles. The molecule has 0 bridgehead atoms. The van der Waals surface area contributed by atoms with Crippen molar-refractivity contribution in [3.8, 4) is 5.75 Å². The van der Waals surface area contributed by atoms with E-state index in [2.05, 4.69) is 16.0 Å². The van der Waals surface area contributed by atoms with E-state index in [0.29, 0.717) is 30.7 Å². The number of amides is 1. The number of piperidine rings is 1. The Hall–Kier alpha value is -2.42. The van der Waals surface area contributed by atoms with E-state index in [-0.39, 0.29) is 21.7 Å². The van der Waals surface area contributed by atoms with Crippen LogP contribution >= 0.6 is 0 Å². The van der Waals surface area contributed by atoms with Gasteiger partial charge >= 0.3 is 0 Å². The molecule has 2 aliphatic rings. The van der Waals surface area contributed by atoms with Crippen molar-refractivity contribution in [2.75, 3.05) is 20.2 Å². The molecule has 3 unspecified atom stereocenters. The molecular weight excluding hydrogens is 426 g/mol. The minimum absolute atomic E-state index is 0.000395. The fourth-order valence-electron chi connectivity index (χ4n) is 4.54. The number of rotatable bonds is 7. The summed E-state index contributed by atoms with van der Waals surface area (Å²) in [6.07, 6.45) is 2.62. The summed E-state index contributed by atoms with van der Waals surface area (Å²) in [4.78, 5) is 13.0. The van der Waals surface area contributed by atoms with Gasteiger partial charge < -0.3 is 20.7 Å². The van der Waals surface area contributed by atoms with Crippen molar-refractivity contribution in [3.63, 3.8) is 0 Å². The molecule has 0 spiro atoms. The second-order valence-corrected chi connectivity index (χ2v) is 10.5. The van der Waals surface area contributed by atoms with E-state index in [0.717, 1.165) is 37.1 Å². The zero-order valence-electron chi connectivity index (χ0n) is 18.6. The van der Waals surface area contributed by atoms with Crippen LogP contribution in [0.1, 0.15) is 30.9 Å². The normalized spacial score (nSPS) is 22.9. The van der Waals surface area contributed by atoms with Gasteiger partial charge in [0, 0.05) is 12.6 Å².